The summed E-state index contributed by atoms with van der Waals surface area (Å²) in [7, 11) is -4.81. The fraction of sp³-hybridized carbons (Fsp3) is 0.429. The molecule has 0 fully saturated rings. The molecule has 19 heavy (non-hydrogen) atoms. The molecule has 0 aromatic heterocycles. The summed E-state index contributed by atoms with van der Waals surface area (Å²) in [6, 6.07) is 10.3. The fourth-order valence-electron chi connectivity index (χ4n) is 1.55. The summed E-state index contributed by atoms with van der Waals surface area (Å²) in [5.41, 5.74) is 3.38. The van der Waals surface area contributed by atoms with E-state index in [1.165, 1.54) is 5.56 Å². The van der Waals surface area contributed by atoms with Crippen LogP contribution in [-0.2, 0) is 8.23 Å². The number of rotatable bonds is 6. The molecule has 0 radical (unpaired) electrons. The van der Waals surface area contributed by atoms with Crippen LogP contribution in [0.4, 0.5) is 0 Å². The Morgan fingerprint density at radius 1 is 0.842 bits per heavy atom. The van der Waals surface area contributed by atoms with E-state index in [9.17, 15) is 0 Å². The van der Waals surface area contributed by atoms with Crippen molar-refractivity contribution in [3.8, 4) is 0 Å². The Hall–Kier alpha value is -0.469. The molecule has 0 N–H and O–H groups in total. The largest absolute Gasteiger partial charge is 0.436 e. The topological polar surface area (TPSA) is 18.5 Å². The third kappa shape index (κ3) is 8.33. The summed E-state index contributed by atoms with van der Waals surface area (Å²) < 4.78 is 12.5. The summed E-state index contributed by atoms with van der Waals surface area (Å²) in [6.45, 7) is 13.3. The highest BCUT2D eigenvalue weighted by Gasteiger charge is 2.26. The second-order valence-electron chi connectivity index (χ2n) is 6.60. The van der Waals surface area contributed by atoms with Crippen LogP contribution in [-0.4, -0.2) is 25.9 Å². The first-order chi connectivity index (χ1) is 8.66. The van der Waals surface area contributed by atoms with E-state index >= 15 is 0 Å². The van der Waals surface area contributed by atoms with E-state index in [0.717, 1.165) is 0 Å². The molecule has 0 unspecified atom stereocenters. The van der Waals surface area contributed by atoms with Crippen molar-refractivity contribution in [1.29, 1.82) is 0 Å². The molecule has 0 bridgehead atoms. The normalized spacial score (nSPS) is 13.4. The van der Waals surface area contributed by atoms with E-state index < -0.39 is 25.9 Å². The van der Waals surface area contributed by atoms with Crippen LogP contribution in [0.15, 0.2) is 36.0 Å². The SMILES string of the molecule is C[Si](C)(C)O[SiH](C=Cc1ccccc1)O[Si](C)(C)C. The molecule has 0 heterocycles. The summed E-state index contributed by atoms with van der Waals surface area (Å²) in [4.78, 5) is 0. The van der Waals surface area contributed by atoms with Gasteiger partial charge in [0.2, 0.25) is 0 Å². The lowest BCUT2D eigenvalue weighted by molar-refractivity contribution is 0.435. The van der Waals surface area contributed by atoms with Gasteiger partial charge in [-0.2, -0.15) is 0 Å². The zero-order valence-corrected chi connectivity index (χ0v) is 16.1. The molecule has 0 spiro atoms. The molecule has 0 aliphatic rings. The first-order valence-corrected chi connectivity index (χ1v) is 15.2. The van der Waals surface area contributed by atoms with Crippen LogP contribution in [0, 0.1) is 0 Å². The maximum absolute atomic E-state index is 6.24. The maximum Gasteiger partial charge on any atom is 0.327 e. The van der Waals surface area contributed by atoms with Gasteiger partial charge in [0.05, 0.1) is 0 Å². The zero-order chi connectivity index (χ0) is 14.5. The molecule has 0 saturated heterocycles. The van der Waals surface area contributed by atoms with Crippen molar-refractivity contribution in [1.82, 2.24) is 0 Å². The maximum atomic E-state index is 6.24. The van der Waals surface area contributed by atoms with Crippen molar-refractivity contribution in [2.45, 2.75) is 39.3 Å². The Morgan fingerprint density at radius 3 is 1.74 bits per heavy atom. The Balaban J connectivity index is 2.76. The number of benzene rings is 1. The van der Waals surface area contributed by atoms with E-state index in [1.807, 2.05) is 6.07 Å². The minimum atomic E-state index is -1.71. The van der Waals surface area contributed by atoms with Gasteiger partial charge in [-0.25, -0.2) is 0 Å². The van der Waals surface area contributed by atoms with Crippen molar-refractivity contribution in [2.24, 2.45) is 0 Å². The lowest BCUT2D eigenvalue weighted by atomic mass is 10.2. The van der Waals surface area contributed by atoms with Gasteiger partial charge in [0, 0.05) is 0 Å². The Bertz CT molecular complexity index is 389. The minimum absolute atomic E-state index is 1.21. The molecule has 0 aliphatic heterocycles. The summed E-state index contributed by atoms with van der Waals surface area (Å²) >= 11 is 0. The van der Waals surface area contributed by atoms with E-state index in [-0.39, 0.29) is 0 Å². The molecule has 0 amide bonds. The smallest absolute Gasteiger partial charge is 0.327 e. The van der Waals surface area contributed by atoms with Gasteiger partial charge in [-0.05, 0) is 50.5 Å². The highest BCUT2D eigenvalue weighted by atomic mass is 28.4. The van der Waals surface area contributed by atoms with Gasteiger partial charge in [0.1, 0.15) is 0 Å². The van der Waals surface area contributed by atoms with E-state index in [2.05, 4.69) is 75.3 Å². The quantitative estimate of drug-likeness (QED) is 0.734. The van der Waals surface area contributed by atoms with Crippen LogP contribution >= 0.6 is 0 Å². The molecular formula is C14H26O2Si3. The van der Waals surface area contributed by atoms with Gasteiger partial charge in [-0.3, -0.25) is 0 Å². The lowest BCUT2D eigenvalue weighted by Gasteiger charge is -2.28. The predicted octanol–water partition coefficient (Wildman–Crippen LogP) is 4.16. The number of hydrogen-bond acceptors (Lipinski definition) is 2. The molecule has 1 aromatic carbocycles. The van der Waals surface area contributed by atoms with Crippen molar-refractivity contribution >= 4 is 32.0 Å². The average Bonchev–Trinajstić information content (AvgIpc) is 2.23. The van der Waals surface area contributed by atoms with Crippen LogP contribution in [0.2, 0.25) is 39.3 Å². The van der Waals surface area contributed by atoms with E-state index in [4.69, 9.17) is 8.23 Å². The second kappa shape index (κ2) is 6.81. The Kier molecular flexibility index (Phi) is 5.94. The first kappa shape index (κ1) is 16.6. The molecule has 106 valence electrons. The standard InChI is InChI=1S/C14H26O2Si3/c1-18(2,3)15-17(16-19(4,5)6)13-12-14-10-8-7-9-11-14/h7-13,17H,1-6H3. The summed E-state index contributed by atoms with van der Waals surface area (Å²) in [6.07, 6.45) is 2.14. The summed E-state index contributed by atoms with van der Waals surface area (Å²) in [5, 5.41) is 0. The van der Waals surface area contributed by atoms with E-state index in [0.29, 0.717) is 0 Å². The molecule has 0 aliphatic carbocycles. The third-order valence-electron chi connectivity index (χ3n) is 2.18. The monoisotopic (exact) mass is 310 g/mol. The molecule has 2 nitrogen and oxygen atoms in total. The van der Waals surface area contributed by atoms with Gasteiger partial charge in [-0.15, -0.1) is 0 Å². The lowest BCUT2D eigenvalue weighted by Crippen LogP contribution is -2.42. The molecule has 0 saturated carbocycles. The van der Waals surface area contributed by atoms with E-state index in [1.54, 1.807) is 0 Å². The van der Waals surface area contributed by atoms with Crippen LogP contribution in [0.5, 0.6) is 0 Å². The first-order valence-electron chi connectivity index (χ1n) is 6.75. The van der Waals surface area contributed by atoms with Gasteiger partial charge >= 0.3 is 9.28 Å². The Morgan fingerprint density at radius 2 is 1.32 bits per heavy atom. The molecule has 1 aromatic rings. The van der Waals surface area contributed by atoms with Gasteiger partial charge < -0.3 is 8.23 Å². The van der Waals surface area contributed by atoms with Gasteiger partial charge in [0.25, 0.3) is 0 Å². The molecule has 5 heteroatoms. The molecule has 1 rings (SSSR count). The highest BCUT2D eigenvalue weighted by Crippen LogP contribution is 2.13. The van der Waals surface area contributed by atoms with Crippen molar-refractivity contribution < 1.29 is 8.23 Å². The molecular weight excluding hydrogens is 284 g/mol. The Labute approximate surface area is 121 Å². The fourth-order valence-corrected chi connectivity index (χ4v) is 8.76. The third-order valence-corrected chi connectivity index (χ3v) is 10.2. The predicted molar refractivity (Wildman–Crippen MR) is 91.5 cm³/mol. The second-order valence-corrected chi connectivity index (χ2v) is 18.1. The van der Waals surface area contributed by atoms with Crippen molar-refractivity contribution in [3.63, 3.8) is 0 Å². The van der Waals surface area contributed by atoms with Crippen LogP contribution in [0.3, 0.4) is 0 Å². The molecule has 0 atom stereocenters. The summed E-state index contributed by atoms with van der Waals surface area (Å²) in [5.74, 6) is 0. The average molecular weight is 311 g/mol. The van der Waals surface area contributed by atoms with Crippen LogP contribution < -0.4 is 0 Å². The van der Waals surface area contributed by atoms with Crippen molar-refractivity contribution in [3.05, 3.63) is 41.6 Å². The highest BCUT2D eigenvalue weighted by molar-refractivity contribution is 6.82. The zero-order valence-electron chi connectivity index (χ0n) is 12.9. The van der Waals surface area contributed by atoms with Crippen molar-refractivity contribution in [2.75, 3.05) is 0 Å². The van der Waals surface area contributed by atoms with Gasteiger partial charge in [0.15, 0.2) is 16.6 Å². The van der Waals surface area contributed by atoms with Crippen LogP contribution in [0.25, 0.3) is 6.08 Å². The van der Waals surface area contributed by atoms with Crippen LogP contribution in [0.1, 0.15) is 5.56 Å². The van der Waals surface area contributed by atoms with Gasteiger partial charge in [-0.1, -0.05) is 36.4 Å². The minimum Gasteiger partial charge on any atom is -0.436 e. The number of hydrogen-bond donors (Lipinski definition) is 0.